The summed E-state index contributed by atoms with van der Waals surface area (Å²) in [6.45, 7) is 4.83. The van der Waals surface area contributed by atoms with E-state index in [0.717, 1.165) is 48.1 Å². The molecule has 0 spiro atoms. The number of anilines is 1. The minimum atomic E-state index is -0.163. The molecular formula is C24H24Cl2N6O. The van der Waals surface area contributed by atoms with Gasteiger partial charge in [-0.15, -0.1) is 0 Å². The normalized spacial score (nSPS) is 17.5. The summed E-state index contributed by atoms with van der Waals surface area (Å²) >= 11 is 12.7. The van der Waals surface area contributed by atoms with Crippen LogP contribution in [0.25, 0.3) is 21.9 Å². The first-order valence-corrected chi connectivity index (χ1v) is 11.8. The third kappa shape index (κ3) is 4.23. The van der Waals surface area contributed by atoms with E-state index < -0.39 is 0 Å². The van der Waals surface area contributed by atoms with Crippen LogP contribution >= 0.6 is 23.2 Å². The molecule has 3 heterocycles. The minimum absolute atomic E-state index is 0.0449. The molecule has 2 aromatic heterocycles. The standard InChI is InChI=1S/C24H24Cl2N6O/c1-13-5-3-4-8-32(13)24(33)16-11-20-17(10-18(16)26)23(28-12-27-20)29-14(2)22-30-19-7-6-15(25)9-21(19)31-22/h6-7,9-14H,3-5,8H2,1-2H3,(H,30,31)(H,27,28,29)/t13-,14-/m1/s1. The average molecular weight is 483 g/mol. The van der Waals surface area contributed by atoms with Crippen molar-refractivity contribution in [3.63, 3.8) is 0 Å². The SMILES string of the molecule is C[C@@H]1CCCCN1C(=O)c1cc2ncnc(N[C@H](C)c3nc4ccc(Cl)cc4[nH]3)c2cc1Cl. The molecule has 0 radical (unpaired) electrons. The maximum Gasteiger partial charge on any atom is 0.255 e. The molecule has 2 N–H and O–H groups in total. The lowest BCUT2D eigenvalue weighted by Gasteiger charge is -2.33. The number of carbonyl (C=O) groups is 1. The molecule has 0 saturated carbocycles. The monoisotopic (exact) mass is 482 g/mol. The van der Waals surface area contributed by atoms with Gasteiger partial charge in [-0.05, 0) is 63.4 Å². The number of fused-ring (bicyclic) bond motifs is 2. The van der Waals surface area contributed by atoms with Gasteiger partial charge in [-0.3, -0.25) is 4.79 Å². The van der Waals surface area contributed by atoms with E-state index >= 15 is 0 Å². The number of rotatable bonds is 4. The molecule has 1 aliphatic rings. The van der Waals surface area contributed by atoms with E-state index in [1.54, 1.807) is 12.1 Å². The van der Waals surface area contributed by atoms with Crippen molar-refractivity contribution >= 4 is 56.9 Å². The summed E-state index contributed by atoms with van der Waals surface area (Å²) in [6, 6.07) is 9.13. The van der Waals surface area contributed by atoms with Gasteiger partial charge in [-0.1, -0.05) is 23.2 Å². The number of aromatic nitrogens is 4. The summed E-state index contributed by atoms with van der Waals surface area (Å²) in [5, 5.41) is 5.19. The molecule has 2 atom stereocenters. The number of hydrogen-bond donors (Lipinski definition) is 2. The first-order chi connectivity index (χ1) is 15.9. The van der Waals surface area contributed by atoms with Crippen LogP contribution in [0.15, 0.2) is 36.7 Å². The summed E-state index contributed by atoms with van der Waals surface area (Å²) in [6.07, 6.45) is 4.67. The second kappa shape index (κ2) is 8.80. The van der Waals surface area contributed by atoms with Crippen molar-refractivity contribution in [1.29, 1.82) is 0 Å². The quantitative estimate of drug-likeness (QED) is 0.372. The topological polar surface area (TPSA) is 86.8 Å². The zero-order chi connectivity index (χ0) is 23.1. The van der Waals surface area contributed by atoms with Crippen molar-refractivity contribution in [2.24, 2.45) is 0 Å². The number of nitrogens with zero attached hydrogens (tertiary/aromatic N) is 4. The fraction of sp³-hybridized carbons (Fsp3) is 0.333. The lowest BCUT2D eigenvalue weighted by atomic mass is 10.0. The highest BCUT2D eigenvalue weighted by atomic mass is 35.5. The van der Waals surface area contributed by atoms with Gasteiger partial charge < -0.3 is 15.2 Å². The van der Waals surface area contributed by atoms with Gasteiger partial charge in [0.15, 0.2) is 0 Å². The van der Waals surface area contributed by atoms with Crippen LogP contribution in [0.4, 0.5) is 5.82 Å². The Morgan fingerprint density at radius 2 is 2.03 bits per heavy atom. The summed E-state index contributed by atoms with van der Waals surface area (Å²) < 4.78 is 0. The van der Waals surface area contributed by atoms with Crippen LogP contribution < -0.4 is 5.32 Å². The molecule has 7 nitrogen and oxygen atoms in total. The van der Waals surface area contributed by atoms with Gasteiger partial charge in [-0.2, -0.15) is 0 Å². The Labute approximate surface area is 201 Å². The highest BCUT2D eigenvalue weighted by Crippen LogP contribution is 2.31. The first-order valence-electron chi connectivity index (χ1n) is 11.1. The molecule has 1 amide bonds. The average Bonchev–Trinajstić information content (AvgIpc) is 3.22. The largest absolute Gasteiger partial charge is 0.360 e. The smallest absolute Gasteiger partial charge is 0.255 e. The molecule has 1 saturated heterocycles. The second-order valence-electron chi connectivity index (χ2n) is 8.56. The molecule has 0 unspecified atom stereocenters. The Bertz CT molecular complexity index is 1350. The van der Waals surface area contributed by atoms with Gasteiger partial charge in [-0.25, -0.2) is 15.0 Å². The first kappa shape index (κ1) is 21.9. The van der Waals surface area contributed by atoms with Crippen molar-refractivity contribution in [2.75, 3.05) is 11.9 Å². The lowest BCUT2D eigenvalue weighted by Crippen LogP contribution is -2.42. The number of imidazole rings is 1. The summed E-state index contributed by atoms with van der Waals surface area (Å²) in [4.78, 5) is 31.9. The fourth-order valence-corrected chi connectivity index (χ4v) is 4.81. The number of amides is 1. The number of carbonyl (C=O) groups excluding carboxylic acids is 1. The third-order valence-electron chi connectivity index (χ3n) is 6.24. The van der Waals surface area contributed by atoms with Crippen molar-refractivity contribution in [1.82, 2.24) is 24.8 Å². The maximum absolute atomic E-state index is 13.2. The van der Waals surface area contributed by atoms with Crippen molar-refractivity contribution in [3.05, 3.63) is 58.1 Å². The number of piperidine rings is 1. The number of halogens is 2. The van der Waals surface area contributed by atoms with E-state index in [1.807, 2.05) is 30.0 Å². The van der Waals surface area contributed by atoms with Gasteiger partial charge in [0.2, 0.25) is 0 Å². The van der Waals surface area contributed by atoms with Crippen LogP contribution in [0.1, 0.15) is 55.3 Å². The Morgan fingerprint density at radius 1 is 1.18 bits per heavy atom. The van der Waals surface area contributed by atoms with Gasteiger partial charge >= 0.3 is 0 Å². The molecule has 5 rings (SSSR count). The van der Waals surface area contributed by atoms with E-state index in [1.165, 1.54) is 6.33 Å². The van der Waals surface area contributed by atoms with E-state index in [9.17, 15) is 4.79 Å². The van der Waals surface area contributed by atoms with E-state index in [4.69, 9.17) is 23.2 Å². The highest BCUT2D eigenvalue weighted by molar-refractivity contribution is 6.35. The highest BCUT2D eigenvalue weighted by Gasteiger charge is 2.26. The zero-order valence-electron chi connectivity index (χ0n) is 18.4. The molecule has 1 fully saturated rings. The van der Waals surface area contributed by atoms with Crippen LogP contribution in [0.3, 0.4) is 0 Å². The van der Waals surface area contributed by atoms with Gasteiger partial charge in [0.25, 0.3) is 5.91 Å². The summed E-state index contributed by atoms with van der Waals surface area (Å²) in [5.41, 5.74) is 2.85. The van der Waals surface area contributed by atoms with Crippen LogP contribution in [-0.4, -0.2) is 43.3 Å². The van der Waals surface area contributed by atoms with Crippen molar-refractivity contribution < 1.29 is 4.79 Å². The van der Waals surface area contributed by atoms with Crippen LogP contribution in [0.5, 0.6) is 0 Å². The van der Waals surface area contributed by atoms with Crippen molar-refractivity contribution in [3.8, 4) is 0 Å². The van der Waals surface area contributed by atoms with Gasteiger partial charge in [0, 0.05) is 23.0 Å². The Kier molecular flexibility index (Phi) is 5.85. The predicted molar refractivity (Wildman–Crippen MR) is 132 cm³/mol. The van der Waals surface area contributed by atoms with Crippen LogP contribution in [0, 0.1) is 0 Å². The predicted octanol–water partition coefficient (Wildman–Crippen LogP) is 6.00. The van der Waals surface area contributed by atoms with E-state index in [-0.39, 0.29) is 18.0 Å². The number of nitrogens with one attached hydrogen (secondary N) is 2. The molecule has 2 aromatic carbocycles. The molecule has 4 aromatic rings. The molecule has 0 bridgehead atoms. The Balaban J connectivity index is 1.45. The summed E-state index contributed by atoms with van der Waals surface area (Å²) in [7, 11) is 0. The Hall–Kier alpha value is -2.90. The van der Waals surface area contributed by atoms with E-state index in [2.05, 4.69) is 32.2 Å². The number of benzene rings is 2. The minimum Gasteiger partial charge on any atom is -0.360 e. The van der Waals surface area contributed by atoms with Crippen LogP contribution in [-0.2, 0) is 0 Å². The number of hydrogen-bond acceptors (Lipinski definition) is 5. The van der Waals surface area contributed by atoms with Gasteiger partial charge in [0.1, 0.15) is 18.0 Å². The zero-order valence-corrected chi connectivity index (χ0v) is 19.9. The molecule has 33 heavy (non-hydrogen) atoms. The molecule has 0 aliphatic carbocycles. The van der Waals surface area contributed by atoms with Gasteiger partial charge in [0.05, 0.1) is 33.2 Å². The van der Waals surface area contributed by atoms with Crippen molar-refractivity contribution in [2.45, 2.75) is 45.2 Å². The second-order valence-corrected chi connectivity index (χ2v) is 9.41. The Morgan fingerprint density at radius 3 is 2.85 bits per heavy atom. The molecule has 9 heteroatoms. The molecule has 1 aliphatic heterocycles. The summed E-state index contributed by atoms with van der Waals surface area (Å²) in [5.74, 6) is 1.34. The maximum atomic E-state index is 13.2. The number of H-pyrrole nitrogens is 1. The fourth-order valence-electron chi connectivity index (χ4n) is 4.39. The van der Waals surface area contributed by atoms with E-state index in [0.29, 0.717) is 26.9 Å². The molecule has 170 valence electrons. The third-order valence-corrected chi connectivity index (χ3v) is 6.79. The number of aromatic amines is 1. The molecular weight excluding hydrogens is 459 g/mol. The van der Waals surface area contributed by atoms with Crippen LogP contribution in [0.2, 0.25) is 10.0 Å². The lowest BCUT2D eigenvalue weighted by molar-refractivity contribution is 0.0636. The number of likely N-dealkylation sites (tertiary alicyclic amines) is 1.